The van der Waals surface area contributed by atoms with Gasteiger partial charge >= 0.3 is 0 Å². The van der Waals surface area contributed by atoms with Gasteiger partial charge in [-0.15, -0.1) is 0 Å². The van der Waals surface area contributed by atoms with E-state index in [4.69, 9.17) is 10.4 Å². The van der Waals surface area contributed by atoms with Crippen molar-refractivity contribution in [2.75, 3.05) is 18.5 Å². The molecule has 0 bridgehead atoms. The van der Waals surface area contributed by atoms with Crippen LogP contribution in [-0.4, -0.2) is 18.3 Å². The lowest BCUT2D eigenvalue weighted by molar-refractivity contribution is 0.283. The van der Waals surface area contributed by atoms with Crippen LogP contribution < -0.4 is 5.32 Å². The molecule has 0 saturated carbocycles. The first kappa shape index (κ1) is 13.0. The average molecular weight is 283 g/mol. The molecule has 0 aliphatic heterocycles. The summed E-state index contributed by atoms with van der Waals surface area (Å²) < 4.78 is 0.911. The van der Waals surface area contributed by atoms with E-state index in [1.807, 2.05) is 6.07 Å². The Kier molecular flexibility index (Phi) is 5.91. The van der Waals surface area contributed by atoms with E-state index in [1.54, 1.807) is 12.1 Å². The number of nitrogens with one attached hydrogen (secondary N) is 1. The molecule has 0 unspecified atom stereocenters. The number of rotatable bonds is 6. The Bertz CT molecular complexity index is 374. The molecule has 0 aliphatic carbocycles. The highest BCUT2D eigenvalue weighted by atomic mass is 79.9. The van der Waals surface area contributed by atoms with E-state index in [1.165, 1.54) is 0 Å². The lowest BCUT2D eigenvalue weighted by Crippen LogP contribution is -2.02. The van der Waals surface area contributed by atoms with Crippen molar-refractivity contribution < 1.29 is 5.11 Å². The largest absolute Gasteiger partial charge is 0.396 e. The Morgan fingerprint density at radius 2 is 2.12 bits per heavy atom. The van der Waals surface area contributed by atoms with Crippen molar-refractivity contribution in [2.24, 2.45) is 0 Å². The van der Waals surface area contributed by atoms with Crippen LogP contribution in [0.2, 0.25) is 0 Å². The standard InChI is InChI=1S/C12H15BrN2O/c13-11-8-10(9-14)4-5-12(11)15-6-2-1-3-7-16/h4-5,8,15-16H,1-3,6-7H2. The predicted octanol–water partition coefficient (Wildman–Crippen LogP) is 2.90. The maximum atomic E-state index is 8.71. The van der Waals surface area contributed by atoms with Crippen LogP contribution in [0, 0.1) is 11.3 Å². The third kappa shape index (κ3) is 4.21. The first-order valence-electron chi connectivity index (χ1n) is 5.32. The number of unbranched alkanes of at least 4 members (excludes halogenated alkanes) is 2. The molecule has 0 aromatic heterocycles. The van der Waals surface area contributed by atoms with Gasteiger partial charge in [-0.3, -0.25) is 0 Å². The van der Waals surface area contributed by atoms with Crippen LogP contribution in [0.3, 0.4) is 0 Å². The Balaban J connectivity index is 2.40. The van der Waals surface area contributed by atoms with E-state index in [-0.39, 0.29) is 6.61 Å². The van der Waals surface area contributed by atoms with Gasteiger partial charge in [0.05, 0.1) is 11.6 Å². The summed E-state index contributed by atoms with van der Waals surface area (Å²) in [5, 5.41) is 20.6. The minimum Gasteiger partial charge on any atom is -0.396 e. The molecule has 0 radical (unpaired) electrons. The smallest absolute Gasteiger partial charge is 0.0992 e. The highest BCUT2D eigenvalue weighted by molar-refractivity contribution is 9.10. The van der Waals surface area contributed by atoms with Crippen LogP contribution in [0.15, 0.2) is 22.7 Å². The summed E-state index contributed by atoms with van der Waals surface area (Å²) in [5.41, 5.74) is 1.65. The van der Waals surface area contributed by atoms with Gasteiger partial charge in [0.2, 0.25) is 0 Å². The second-order valence-electron chi connectivity index (χ2n) is 3.52. The van der Waals surface area contributed by atoms with Crippen molar-refractivity contribution in [3.05, 3.63) is 28.2 Å². The number of nitrogens with zero attached hydrogens (tertiary/aromatic N) is 1. The van der Waals surface area contributed by atoms with Crippen molar-refractivity contribution in [3.8, 4) is 6.07 Å². The number of aliphatic hydroxyl groups is 1. The zero-order valence-electron chi connectivity index (χ0n) is 9.04. The van der Waals surface area contributed by atoms with Gasteiger partial charge in [0.15, 0.2) is 0 Å². The van der Waals surface area contributed by atoms with Crippen molar-refractivity contribution in [1.82, 2.24) is 0 Å². The predicted molar refractivity (Wildman–Crippen MR) is 68.3 cm³/mol. The molecule has 0 saturated heterocycles. The van der Waals surface area contributed by atoms with E-state index in [0.29, 0.717) is 5.56 Å². The van der Waals surface area contributed by atoms with Gasteiger partial charge in [0.1, 0.15) is 0 Å². The van der Waals surface area contributed by atoms with Gasteiger partial charge in [-0.1, -0.05) is 0 Å². The Labute approximate surface area is 104 Å². The minimum absolute atomic E-state index is 0.264. The molecular weight excluding hydrogens is 268 g/mol. The number of anilines is 1. The maximum absolute atomic E-state index is 8.71. The van der Waals surface area contributed by atoms with Gasteiger partial charge in [0, 0.05) is 23.3 Å². The lowest BCUT2D eigenvalue weighted by Gasteiger charge is -2.08. The topological polar surface area (TPSA) is 56.0 Å². The molecule has 0 spiro atoms. The lowest BCUT2D eigenvalue weighted by atomic mass is 10.2. The molecule has 3 nitrogen and oxygen atoms in total. The van der Waals surface area contributed by atoms with Crippen LogP contribution in [0.25, 0.3) is 0 Å². The van der Waals surface area contributed by atoms with Gasteiger partial charge in [-0.25, -0.2) is 0 Å². The Morgan fingerprint density at radius 3 is 2.75 bits per heavy atom. The molecule has 0 amide bonds. The molecule has 0 heterocycles. The average Bonchev–Trinajstić information content (AvgIpc) is 2.30. The molecule has 4 heteroatoms. The molecule has 1 aromatic rings. The number of hydrogen-bond donors (Lipinski definition) is 2. The Morgan fingerprint density at radius 1 is 1.31 bits per heavy atom. The monoisotopic (exact) mass is 282 g/mol. The first-order chi connectivity index (χ1) is 7.77. The highest BCUT2D eigenvalue weighted by Crippen LogP contribution is 2.23. The van der Waals surface area contributed by atoms with Gasteiger partial charge in [-0.05, 0) is 53.4 Å². The number of hydrogen-bond acceptors (Lipinski definition) is 3. The molecular formula is C12H15BrN2O. The maximum Gasteiger partial charge on any atom is 0.0992 e. The van der Waals surface area contributed by atoms with Crippen LogP contribution in [0.4, 0.5) is 5.69 Å². The van der Waals surface area contributed by atoms with E-state index >= 15 is 0 Å². The fourth-order valence-corrected chi connectivity index (χ4v) is 1.88. The molecule has 0 atom stereocenters. The van der Waals surface area contributed by atoms with Crippen molar-refractivity contribution in [2.45, 2.75) is 19.3 Å². The first-order valence-corrected chi connectivity index (χ1v) is 6.11. The molecule has 1 rings (SSSR count). The summed E-state index contributed by atoms with van der Waals surface area (Å²) in [6.45, 7) is 1.14. The fraction of sp³-hybridized carbons (Fsp3) is 0.417. The molecule has 0 aliphatic rings. The fourth-order valence-electron chi connectivity index (χ4n) is 1.36. The van der Waals surface area contributed by atoms with E-state index < -0.39 is 0 Å². The minimum atomic E-state index is 0.264. The molecule has 1 aromatic carbocycles. The SMILES string of the molecule is N#Cc1ccc(NCCCCCO)c(Br)c1. The van der Waals surface area contributed by atoms with E-state index in [0.717, 1.165) is 36.0 Å². The third-order valence-corrected chi connectivity index (χ3v) is 2.90. The summed E-state index contributed by atoms with van der Waals surface area (Å²) in [7, 11) is 0. The quantitative estimate of drug-likeness (QED) is 0.789. The number of aliphatic hydroxyl groups excluding tert-OH is 1. The van der Waals surface area contributed by atoms with Crippen LogP contribution in [0.1, 0.15) is 24.8 Å². The summed E-state index contributed by atoms with van der Waals surface area (Å²) in [5.74, 6) is 0. The summed E-state index contributed by atoms with van der Waals surface area (Å²) >= 11 is 3.42. The normalized spacial score (nSPS) is 9.81. The zero-order chi connectivity index (χ0) is 11.8. The van der Waals surface area contributed by atoms with Crippen LogP contribution in [-0.2, 0) is 0 Å². The molecule has 0 fully saturated rings. The number of benzene rings is 1. The van der Waals surface area contributed by atoms with Crippen molar-refractivity contribution in [3.63, 3.8) is 0 Å². The van der Waals surface area contributed by atoms with Gasteiger partial charge in [-0.2, -0.15) is 5.26 Å². The summed E-state index contributed by atoms with van der Waals surface area (Å²) in [6, 6.07) is 7.59. The number of halogens is 1. The number of nitriles is 1. The van der Waals surface area contributed by atoms with Gasteiger partial charge in [0.25, 0.3) is 0 Å². The van der Waals surface area contributed by atoms with Crippen molar-refractivity contribution in [1.29, 1.82) is 5.26 Å². The molecule has 86 valence electrons. The van der Waals surface area contributed by atoms with E-state index in [9.17, 15) is 0 Å². The summed E-state index contributed by atoms with van der Waals surface area (Å²) in [6.07, 6.45) is 2.92. The second kappa shape index (κ2) is 7.26. The van der Waals surface area contributed by atoms with Crippen LogP contribution in [0.5, 0.6) is 0 Å². The zero-order valence-corrected chi connectivity index (χ0v) is 10.6. The van der Waals surface area contributed by atoms with Crippen LogP contribution >= 0.6 is 15.9 Å². The summed E-state index contributed by atoms with van der Waals surface area (Å²) in [4.78, 5) is 0. The third-order valence-electron chi connectivity index (χ3n) is 2.25. The van der Waals surface area contributed by atoms with Gasteiger partial charge < -0.3 is 10.4 Å². The molecule has 16 heavy (non-hydrogen) atoms. The Hall–Kier alpha value is -1.05. The highest BCUT2D eigenvalue weighted by Gasteiger charge is 2.00. The van der Waals surface area contributed by atoms with Crippen molar-refractivity contribution >= 4 is 21.6 Å². The van der Waals surface area contributed by atoms with E-state index in [2.05, 4.69) is 27.3 Å². The second-order valence-corrected chi connectivity index (χ2v) is 4.37. The molecule has 2 N–H and O–H groups in total.